The van der Waals surface area contributed by atoms with Gasteiger partial charge in [-0.1, -0.05) is 0 Å². The zero-order valence-corrected chi connectivity index (χ0v) is 20.2. The number of carbonyl (C=O) groups excluding carboxylic acids is 1. The molecule has 0 spiro atoms. The van der Waals surface area contributed by atoms with Crippen LogP contribution in [-0.4, -0.2) is 84.2 Å². The number of nitrogens with zero attached hydrogens (tertiary/aromatic N) is 8. The van der Waals surface area contributed by atoms with Crippen molar-refractivity contribution < 1.29 is 27.5 Å². The molecule has 1 aliphatic heterocycles. The number of alkyl halides is 2. The van der Waals surface area contributed by atoms with Crippen LogP contribution in [0.25, 0.3) is 16.6 Å². The maximum atomic E-state index is 14.1. The number of aromatic nitrogens is 6. The number of hydrogen-bond acceptors (Lipinski definition) is 9. The summed E-state index contributed by atoms with van der Waals surface area (Å²) in [6.45, 7) is -0.131. The molecule has 1 aromatic carbocycles. The van der Waals surface area contributed by atoms with Gasteiger partial charge in [0, 0.05) is 26.1 Å². The summed E-state index contributed by atoms with van der Waals surface area (Å²) in [7, 11) is 1.61. The third-order valence-corrected chi connectivity index (χ3v) is 6.37. The molecule has 1 fully saturated rings. The van der Waals surface area contributed by atoms with E-state index < -0.39 is 23.7 Å². The molecule has 1 saturated heterocycles. The van der Waals surface area contributed by atoms with Crippen molar-refractivity contribution in [2.24, 2.45) is 0 Å². The van der Waals surface area contributed by atoms with Gasteiger partial charge in [-0.05, 0) is 18.9 Å². The predicted molar refractivity (Wildman–Crippen MR) is 128 cm³/mol. The Morgan fingerprint density at radius 2 is 1.95 bits per heavy atom. The zero-order chi connectivity index (χ0) is 27.2. The van der Waals surface area contributed by atoms with Gasteiger partial charge < -0.3 is 20.6 Å². The predicted octanol–water partition coefficient (Wildman–Crippen LogP) is 1.84. The second-order valence-electron chi connectivity index (χ2n) is 9.22. The number of carbonyl (C=O) groups is 1. The molecule has 4 aromatic rings. The fraction of sp³-hybridized carbons (Fsp3) is 0.391. The first kappa shape index (κ1) is 25.5. The van der Waals surface area contributed by atoms with Gasteiger partial charge >= 0.3 is 0 Å². The minimum atomic E-state index is -2.85. The van der Waals surface area contributed by atoms with Gasteiger partial charge in [0.2, 0.25) is 5.95 Å². The lowest BCUT2D eigenvalue weighted by Crippen LogP contribution is -2.66. The molecule has 38 heavy (non-hydrogen) atoms. The molecule has 0 aliphatic carbocycles. The number of fused-ring (bicyclic) bond motifs is 3. The summed E-state index contributed by atoms with van der Waals surface area (Å²) >= 11 is 0. The van der Waals surface area contributed by atoms with Crippen molar-refractivity contribution in [1.29, 1.82) is 0 Å². The van der Waals surface area contributed by atoms with E-state index in [0.29, 0.717) is 37.4 Å². The maximum Gasteiger partial charge on any atom is 0.273 e. The number of rotatable bonds is 8. The van der Waals surface area contributed by atoms with Crippen molar-refractivity contribution in [3.8, 4) is 0 Å². The summed E-state index contributed by atoms with van der Waals surface area (Å²) in [6.07, 6.45) is 1.36. The summed E-state index contributed by atoms with van der Waals surface area (Å²) in [6, 6.07) is 1.85. The van der Waals surface area contributed by atoms with E-state index in [0.717, 1.165) is 12.1 Å². The Bertz CT molecular complexity index is 1510. The van der Waals surface area contributed by atoms with E-state index in [1.807, 2.05) is 0 Å². The Balaban J connectivity index is 1.16. The molecule has 5 rings (SSSR count). The highest BCUT2D eigenvalue weighted by Crippen LogP contribution is 2.30. The number of anilines is 2. The third kappa shape index (κ3) is 4.64. The van der Waals surface area contributed by atoms with Crippen molar-refractivity contribution >= 4 is 34.2 Å². The van der Waals surface area contributed by atoms with E-state index in [2.05, 4.69) is 25.0 Å². The van der Waals surface area contributed by atoms with Gasteiger partial charge in [0.15, 0.2) is 22.9 Å². The molecular formula is C23H23F4N9O2. The van der Waals surface area contributed by atoms with Gasteiger partial charge in [0.05, 0.1) is 30.9 Å². The normalized spacial score (nSPS) is 14.9. The molecule has 200 valence electrons. The molecule has 0 bridgehead atoms. The van der Waals surface area contributed by atoms with Gasteiger partial charge in [-0.25, -0.2) is 37.5 Å². The Labute approximate surface area is 212 Å². The minimum Gasteiger partial charge on any atom is -0.380 e. The quantitative estimate of drug-likeness (QED) is 0.257. The molecule has 0 radical (unpaired) electrons. The van der Waals surface area contributed by atoms with Crippen molar-refractivity contribution in [3.05, 3.63) is 47.7 Å². The van der Waals surface area contributed by atoms with Crippen LogP contribution in [0.1, 0.15) is 29.2 Å². The van der Waals surface area contributed by atoms with Crippen LogP contribution in [0, 0.1) is 11.6 Å². The van der Waals surface area contributed by atoms with Crippen LogP contribution < -0.4 is 10.6 Å². The number of aryl methyl sites for hydroxylation is 1. The molecule has 4 heterocycles. The van der Waals surface area contributed by atoms with Gasteiger partial charge in [-0.15, -0.1) is 5.10 Å². The molecule has 11 nitrogen and oxygen atoms in total. The van der Waals surface area contributed by atoms with E-state index in [9.17, 15) is 27.5 Å². The first-order valence-corrected chi connectivity index (χ1v) is 11.7. The summed E-state index contributed by atoms with van der Waals surface area (Å²) in [5.74, 6) is -1.34. The Morgan fingerprint density at radius 3 is 2.63 bits per heavy atom. The Morgan fingerprint density at radius 1 is 1.18 bits per heavy atom. The summed E-state index contributed by atoms with van der Waals surface area (Å²) < 4.78 is 54.6. The van der Waals surface area contributed by atoms with E-state index in [-0.39, 0.29) is 47.2 Å². The zero-order valence-electron chi connectivity index (χ0n) is 20.2. The summed E-state index contributed by atoms with van der Waals surface area (Å²) in [5.41, 5.74) is 4.03. The van der Waals surface area contributed by atoms with E-state index in [1.165, 1.54) is 26.7 Å². The number of nitrogen functional groups attached to an aromatic ring is 1. The fourth-order valence-electron chi connectivity index (χ4n) is 4.25. The average molecular weight is 533 g/mol. The molecule has 3 aromatic heterocycles. The Hall–Kier alpha value is -4.14. The van der Waals surface area contributed by atoms with Crippen LogP contribution in [0.5, 0.6) is 0 Å². The van der Waals surface area contributed by atoms with Crippen LogP contribution in [-0.2, 0) is 6.42 Å². The highest BCUT2D eigenvalue weighted by atomic mass is 19.3. The lowest BCUT2D eigenvalue weighted by molar-refractivity contribution is -0.112. The topological polar surface area (TPSA) is 139 Å². The number of aliphatic hydroxyl groups is 1. The Kier molecular flexibility index (Phi) is 6.46. The fourth-order valence-corrected chi connectivity index (χ4v) is 4.25. The van der Waals surface area contributed by atoms with E-state index in [1.54, 1.807) is 7.05 Å². The SMILES string of the molecule is CN(CCCCc1nc2c3cc(F)cc(F)c3nc(N)n2n1)C(=O)c1cnc(N2CC(O)(C(F)F)C2)cn1. The average Bonchev–Trinajstić information content (AvgIpc) is 3.30. The first-order chi connectivity index (χ1) is 18.1. The molecule has 0 atom stereocenters. The van der Waals surface area contributed by atoms with Gasteiger partial charge in [-0.3, -0.25) is 4.79 Å². The number of amides is 1. The molecule has 0 saturated carbocycles. The molecule has 3 N–H and O–H groups in total. The maximum absolute atomic E-state index is 14.1. The summed E-state index contributed by atoms with van der Waals surface area (Å²) in [4.78, 5) is 32.1. The van der Waals surface area contributed by atoms with Crippen molar-refractivity contribution in [2.75, 3.05) is 37.3 Å². The number of halogens is 4. The molecular weight excluding hydrogens is 510 g/mol. The molecule has 15 heteroatoms. The minimum absolute atomic E-state index is 0.0759. The number of hydrogen-bond donors (Lipinski definition) is 2. The number of benzene rings is 1. The standard InChI is InChI=1S/C23H23F4N9O2/c1-34(20(37)15-8-30-17(9-29-15)35-10-23(38,11-35)21(26)27)5-3-2-4-16-31-19-13-6-12(24)7-14(25)18(13)32-22(28)36(19)33-16/h6-9,21,38H,2-5,10-11H2,1H3,(H2,28,32). The third-order valence-electron chi connectivity index (χ3n) is 6.37. The van der Waals surface area contributed by atoms with Crippen LogP contribution in [0.15, 0.2) is 24.5 Å². The van der Waals surface area contributed by atoms with E-state index in [4.69, 9.17) is 5.73 Å². The van der Waals surface area contributed by atoms with E-state index >= 15 is 0 Å². The van der Waals surface area contributed by atoms with Crippen molar-refractivity contribution in [2.45, 2.75) is 31.3 Å². The largest absolute Gasteiger partial charge is 0.380 e. The van der Waals surface area contributed by atoms with Crippen LogP contribution in [0.4, 0.5) is 29.3 Å². The van der Waals surface area contributed by atoms with Crippen LogP contribution in [0.3, 0.4) is 0 Å². The lowest BCUT2D eigenvalue weighted by atomic mass is 9.95. The van der Waals surface area contributed by atoms with Gasteiger partial charge in [0.25, 0.3) is 12.3 Å². The first-order valence-electron chi connectivity index (χ1n) is 11.7. The molecule has 1 amide bonds. The van der Waals surface area contributed by atoms with Gasteiger partial charge in [-0.2, -0.15) is 4.52 Å². The molecule has 1 aliphatic rings. The van der Waals surface area contributed by atoms with Crippen LogP contribution >= 0.6 is 0 Å². The second-order valence-corrected chi connectivity index (χ2v) is 9.22. The monoisotopic (exact) mass is 533 g/mol. The number of β-amino-alcohol motifs (C(OH)–C–C–N with tert-alkyl or cyclic N) is 1. The van der Waals surface area contributed by atoms with Crippen molar-refractivity contribution in [1.82, 2.24) is 34.4 Å². The lowest BCUT2D eigenvalue weighted by Gasteiger charge is -2.46. The highest BCUT2D eigenvalue weighted by molar-refractivity contribution is 5.93. The smallest absolute Gasteiger partial charge is 0.273 e. The number of nitrogens with two attached hydrogens (primary N) is 1. The van der Waals surface area contributed by atoms with Crippen LogP contribution in [0.2, 0.25) is 0 Å². The number of unbranched alkanes of at least 4 members (excludes halogenated alkanes) is 1. The summed E-state index contributed by atoms with van der Waals surface area (Å²) in [5, 5.41) is 14.1. The molecule has 0 unspecified atom stereocenters. The highest BCUT2D eigenvalue weighted by Gasteiger charge is 2.49. The second kappa shape index (κ2) is 9.63. The van der Waals surface area contributed by atoms with Gasteiger partial charge in [0.1, 0.15) is 22.8 Å². The van der Waals surface area contributed by atoms with Crippen molar-refractivity contribution in [3.63, 3.8) is 0 Å².